The van der Waals surface area contributed by atoms with Crippen LogP contribution in [0.15, 0.2) is 67.0 Å². The topological polar surface area (TPSA) is 46.1 Å². The first kappa shape index (κ1) is 18.6. The molecule has 0 aliphatic carbocycles. The maximum atomic E-state index is 13.2. The molecule has 28 heavy (non-hydrogen) atoms. The Bertz CT molecular complexity index is 1110. The smallest absolute Gasteiger partial charge is 0.233 e. The summed E-state index contributed by atoms with van der Waals surface area (Å²) in [6, 6.07) is 17.4. The van der Waals surface area contributed by atoms with E-state index in [0.29, 0.717) is 23.1 Å². The zero-order valence-electron chi connectivity index (χ0n) is 15.3. The van der Waals surface area contributed by atoms with Gasteiger partial charge in [-0.25, -0.2) is 4.98 Å². The summed E-state index contributed by atoms with van der Waals surface area (Å²) in [5.41, 5.74) is 3.87. The maximum absolute atomic E-state index is 13.2. The van der Waals surface area contributed by atoms with Gasteiger partial charge in [-0.2, -0.15) is 0 Å². The van der Waals surface area contributed by atoms with Gasteiger partial charge in [-0.05, 0) is 47.9 Å². The summed E-state index contributed by atoms with van der Waals surface area (Å²) in [5, 5.41) is 1.36. The number of halogens is 1. The molecular weight excluding hydrogens is 390 g/mol. The molecule has 0 atom stereocenters. The second-order valence-corrected chi connectivity index (χ2v) is 8.01. The van der Waals surface area contributed by atoms with Crippen LogP contribution in [0.3, 0.4) is 0 Å². The quantitative estimate of drug-likeness (QED) is 0.443. The molecule has 2 aromatic heterocycles. The predicted molar refractivity (Wildman–Crippen MR) is 115 cm³/mol. The van der Waals surface area contributed by atoms with E-state index >= 15 is 0 Å². The van der Waals surface area contributed by atoms with Crippen LogP contribution in [0.5, 0.6) is 0 Å². The number of pyridine rings is 1. The lowest BCUT2D eigenvalue weighted by Gasteiger charge is -2.20. The van der Waals surface area contributed by atoms with E-state index in [2.05, 4.69) is 4.98 Å². The van der Waals surface area contributed by atoms with E-state index in [1.165, 1.54) is 11.3 Å². The summed E-state index contributed by atoms with van der Waals surface area (Å²) in [6.45, 7) is 2.43. The molecular formula is C22H18ClN3OS. The Morgan fingerprint density at radius 2 is 1.82 bits per heavy atom. The highest BCUT2D eigenvalue weighted by Crippen LogP contribution is 2.34. The fraction of sp³-hybridized carbons (Fsp3) is 0.136. The number of carbonyl (C=O) groups is 1. The van der Waals surface area contributed by atoms with Gasteiger partial charge < -0.3 is 0 Å². The number of thiazole rings is 1. The third-order valence-electron chi connectivity index (χ3n) is 4.46. The van der Waals surface area contributed by atoms with Gasteiger partial charge in [0.2, 0.25) is 5.91 Å². The van der Waals surface area contributed by atoms with Gasteiger partial charge in [0.15, 0.2) is 5.13 Å². The van der Waals surface area contributed by atoms with E-state index in [4.69, 9.17) is 16.6 Å². The fourth-order valence-electron chi connectivity index (χ4n) is 3.06. The van der Waals surface area contributed by atoms with Gasteiger partial charge in [-0.1, -0.05) is 53.3 Å². The van der Waals surface area contributed by atoms with E-state index in [0.717, 1.165) is 26.9 Å². The van der Waals surface area contributed by atoms with Gasteiger partial charge in [0.25, 0.3) is 0 Å². The van der Waals surface area contributed by atoms with E-state index in [1.807, 2.05) is 61.5 Å². The molecule has 2 heterocycles. The predicted octanol–water partition coefficient (Wildman–Crippen LogP) is 5.43. The molecule has 2 aromatic carbocycles. The molecule has 1 amide bonds. The molecule has 140 valence electrons. The normalized spacial score (nSPS) is 10.9. The van der Waals surface area contributed by atoms with Crippen LogP contribution in [0.2, 0.25) is 5.02 Å². The van der Waals surface area contributed by atoms with Crippen LogP contribution < -0.4 is 4.90 Å². The third-order valence-corrected chi connectivity index (χ3v) is 5.70. The van der Waals surface area contributed by atoms with Crippen molar-refractivity contribution in [1.29, 1.82) is 0 Å². The van der Waals surface area contributed by atoms with Crippen molar-refractivity contribution in [2.24, 2.45) is 0 Å². The number of nitrogens with zero attached hydrogens (tertiary/aromatic N) is 3. The number of hydrogen-bond donors (Lipinski definition) is 0. The van der Waals surface area contributed by atoms with Gasteiger partial charge in [0.1, 0.15) is 0 Å². The molecule has 0 saturated heterocycles. The van der Waals surface area contributed by atoms with Gasteiger partial charge in [-0.3, -0.25) is 14.7 Å². The van der Waals surface area contributed by atoms with Crippen LogP contribution in [0.1, 0.15) is 16.7 Å². The summed E-state index contributed by atoms with van der Waals surface area (Å²) in [6.07, 6.45) is 3.79. The van der Waals surface area contributed by atoms with Crippen molar-refractivity contribution < 1.29 is 4.79 Å². The van der Waals surface area contributed by atoms with E-state index in [1.54, 1.807) is 17.3 Å². The van der Waals surface area contributed by atoms with Gasteiger partial charge in [0.05, 0.1) is 23.2 Å². The SMILES string of the molecule is Cc1cc(Cl)cc2sc(N(Cc3ccncc3)C(=O)Cc3ccccc3)nc12. The third kappa shape index (κ3) is 4.06. The Morgan fingerprint density at radius 1 is 1.07 bits per heavy atom. The average Bonchev–Trinajstić information content (AvgIpc) is 3.11. The first-order valence-electron chi connectivity index (χ1n) is 8.90. The van der Waals surface area contributed by atoms with Crippen molar-refractivity contribution in [1.82, 2.24) is 9.97 Å². The number of hydrogen-bond acceptors (Lipinski definition) is 4. The molecule has 0 saturated carbocycles. The standard InChI is InChI=1S/C22H18ClN3OS/c1-15-11-18(23)13-19-21(15)25-22(28-19)26(14-17-7-9-24-10-8-17)20(27)12-16-5-3-2-4-6-16/h2-11,13H,12,14H2,1H3. The summed E-state index contributed by atoms with van der Waals surface area (Å²) < 4.78 is 0.979. The summed E-state index contributed by atoms with van der Waals surface area (Å²) in [7, 11) is 0. The molecule has 6 heteroatoms. The second-order valence-electron chi connectivity index (χ2n) is 6.56. The van der Waals surface area contributed by atoms with Gasteiger partial charge >= 0.3 is 0 Å². The number of rotatable bonds is 5. The van der Waals surface area contributed by atoms with Crippen molar-refractivity contribution >= 4 is 44.2 Å². The summed E-state index contributed by atoms with van der Waals surface area (Å²) in [4.78, 5) is 23.8. The second kappa shape index (κ2) is 8.09. The highest BCUT2D eigenvalue weighted by molar-refractivity contribution is 7.22. The lowest BCUT2D eigenvalue weighted by atomic mass is 10.1. The van der Waals surface area contributed by atoms with Crippen LogP contribution in [0.4, 0.5) is 5.13 Å². The van der Waals surface area contributed by atoms with Gasteiger partial charge in [0, 0.05) is 17.4 Å². The van der Waals surface area contributed by atoms with Crippen LogP contribution in [-0.2, 0) is 17.8 Å². The number of fused-ring (bicyclic) bond motifs is 1. The molecule has 0 aliphatic heterocycles. The molecule has 0 unspecified atom stereocenters. The molecule has 0 aliphatic rings. The monoisotopic (exact) mass is 407 g/mol. The number of aryl methyl sites for hydroxylation is 1. The lowest BCUT2D eigenvalue weighted by molar-refractivity contribution is -0.118. The Labute approximate surface area is 172 Å². The van der Waals surface area contributed by atoms with Crippen molar-refractivity contribution in [2.45, 2.75) is 19.9 Å². The molecule has 0 bridgehead atoms. The molecule has 4 nitrogen and oxygen atoms in total. The molecule has 0 spiro atoms. The summed E-state index contributed by atoms with van der Waals surface area (Å²) >= 11 is 7.69. The largest absolute Gasteiger partial charge is 0.283 e. The Morgan fingerprint density at radius 3 is 2.57 bits per heavy atom. The minimum Gasteiger partial charge on any atom is -0.283 e. The van der Waals surface area contributed by atoms with E-state index in [9.17, 15) is 4.79 Å². The van der Waals surface area contributed by atoms with Crippen molar-refractivity contribution in [3.8, 4) is 0 Å². The highest BCUT2D eigenvalue weighted by atomic mass is 35.5. The summed E-state index contributed by atoms with van der Waals surface area (Å²) in [5.74, 6) is 0.00539. The zero-order chi connectivity index (χ0) is 19.5. The molecule has 0 fully saturated rings. The number of benzene rings is 2. The van der Waals surface area contributed by atoms with Crippen LogP contribution in [0.25, 0.3) is 10.2 Å². The molecule has 4 rings (SSSR count). The number of amides is 1. The molecule has 0 N–H and O–H groups in total. The molecule has 4 aromatic rings. The fourth-order valence-corrected chi connectivity index (χ4v) is 4.49. The van der Waals surface area contributed by atoms with E-state index < -0.39 is 0 Å². The Kier molecular flexibility index (Phi) is 5.37. The minimum absolute atomic E-state index is 0.00539. The molecule has 0 radical (unpaired) electrons. The Hall–Kier alpha value is -2.76. The minimum atomic E-state index is 0.00539. The number of carbonyl (C=O) groups excluding carboxylic acids is 1. The highest BCUT2D eigenvalue weighted by Gasteiger charge is 2.21. The Balaban J connectivity index is 1.72. The first-order valence-corrected chi connectivity index (χ1v) is 10.1. The van der Waals surface area contributed by atoms with Crippen molar-refractivity contribution in [2.75, 3.05) is 4.90 Å². The maximum Gasteiger partial charge on any atom is 0.233 e. The van der Waals surface area contributed by atoms with Crippen LogP contribution in [0, 0.1) is 6.92 Å². The van der Waals surface area contributed by atoms with Gasteiger partial charge in [-0.15, -0.1) is 0 Å². The number of anilines is 1. The van der Waals surface area contributed by atoms with E-state index in [-0.39, 0.29) is 5.91 Å². The zero-order valence-corrected chi connectivity index (χ0v) is 16.9. The van der Waals surface area contributed by atoms with Crippen LogP contribution in [-0.4, -0.2) is 15.9 Å². The van der Waals surface area contributed by atoms with Crippen molar-refractivity contribution in [3.63, 3.8) is 0 Å². The first-order chi connectivity index (χ1) is 13.6. The van der Waals surface area contributed by atoms with Crippen LogP contribution >= 0.6 is 22.9 Å². The average molecular weight is 408 g/mol. The van der Waals surface area contributed by atoms with Crippen molar-refractivity contribution in [3.05, 3.63) is 88.7 Å². The lowest BCUT2D eigenvalue weighted by Crippen LogP contribution is -2.31. The number of aromatic nitrogens is 2.